The average Bonchev–Trinajstić information content (AvgIpc) is 3.01. The third kappa shape index (κ3) is 7.51. The fraction of sp³-hybridized carbons (Fsp3) is 0.265. The van der Waals surface area contributed by atoms with E-state index in [1.54, 1.807) is 36.4 Å². The van der Waals surface area contributed by atoms with Gasteiger partial charge in [-0.3, -0.25) is 4.90 Å². The van der Waals surface area contributed by atoms with Crippen LogP contribution in [0.2, 0.25) is 0 Å². The van der Waals surface area contributed by atoms with Crippen LogP contribution in [0.5, 0.6) is 5.75 Å². The van der Waals surface area contributed by atoms with Gasteiger partial charge in [-0.25, -0.2) is 4.79 Å². The van der Waals surface area contributed by atoms with Gasteiger partial charge in [-0.2, -0.15) is 0 Å². The molecule has 42 heavy (non-hydrogen) atoms. The van der Waals surface area contributed by atoms with Crippen molar-refractivity contribution in [2.45, 2.75) is 44.1 Å². The van der Waals surface area contributed by atoms with Crippen molar-refractivity contribution in [3.05, 3.63) is 137 Å². The van der Waals surface area contributed by atoms with E-state index in [9.17, 15) is 15.0 Å². The molecule has 1 aliphatic rings. The third-order valence-corrected chi connectivity index (χ3v) is 7.85. The van der Waals surface area contributed by atoms with Gasteiger partial charge in [0.25, 0.3) is 0 Å². The lowest BCUT2D eigenvalue weighted by molar-refractivity contribution is -0.155. The zero-order valence-corrected chi connectivity index (χ0v) is 25.0. The van der Waals surface area contributed by atoms with Gasteiger partial charge in [-0.05, 0) is 66.2 Å². The highest BCUT2D eigenvalue weighted by Gasteiger charge is 2.43. The molecule has 1 heterocycles. The molecule has 0 spiro atoms. The maximum atomic E-state index is 12.8. The van der Waals surface area contributed by atoms with Crippen molar-refractivity contribution in [2.75, 3.05) is 13.1 Å². The van der Waals surface area contributed by atoms with Crippen molar-refractivity contribution < 1.29 is 19.7 Å². The number of carboxylic acids is 1. The second-order valence-electron chi connectivity index (χ2n) is 10.5. The van der Waals surface area contributed by atoms with Gasteiger partial charge in [-0.1, -0.05) is 91.0 Å². The minimum Gasteiger partial charge on any atom is -0.489 e. The molecular weight excluding hydrogens is 571 g/mol. The summed E-state index contributed by atoms with van der Waals surface area (Å²) in [7, 11) is 0. The fourth-order valence-electron chi connectivity index (χ4n) is 5.57. The summed E-state index contributed by atoms with van der Waals surface area (Å²) in [5.74, 6) is -0.659. The number of hydrogen-bond donors (Lipinski definition) is 3. The number of benzene rings is 4. The molecule has 1 atom stereocenters. The molecule has 0 saturated carbocycles. The summed E-state index contributed by atoms with van der Waals surface area (Å²) in [6.07, 6.45) is 1.79. The molecule has 4 aromatic carbocycles. The van der Waals surface area contributed by atoms with E-state index < -0.39 is 11.6 Å². The number of ether oxygens (including phenoxy) is 1. The number of aliphatic carboxylic acids is 1. The van der Waals surface area contributed by atoms with Crippen molar-refractivity contribution in [1.82, 2.24) is 4.90 Å². The number of rotatable bonds is 10. The molecule has 0 amide bonds. The molecule has 4 aromatic rings. The second-order valence-corrected chi connectivity index (χ2v) is 10.5. The van der Waals surface area contributed by atoms with Crippen LogP contribution >= 0.6 is 24.8 Å². The molecule has 0 aliphatic carbocycles. The summed E-state index contributed by atoms with van der Waals surface area (Å²) >= 11 is 0. The molecule has 4 N–H and O–H groups in total. The van der Waals surface area contributed by atoms with Crippen molar-refractivity contribution in [3.63, 3.8) is 0 Å². The minimum atomic E-state index is -2.21. The van der Waals surface area contributed by atoms with Gasteiger partial charge in [0.15, 0.2) is 0 Å². The molecule has 1 aliphatic heterocycles. The molecule has 0 radical (unpaired) electrons. The fourth-order valence-corrected chi connectivity index (χ4v) is 5.57. The zero-order chi connectivity index (χ0) is 28.0. The quantitative estimate of drug-likeness (QED) is 0.196. The van der Waals surface area contributed by atoms with Gasteiger partial charge in [0.1, 0.15) is 12.4 Å². The van der Waals surface area contributed by atoms with Crippen LogP contribution in [0.3, 0.4) is 0 Å². The van der Waals surface area contributed by atoms with Gasteiger partial charge < -0.3 is 20.7 Å². The Kier molecular flexibility index (Phi) is 12.0. The van der Waals surface area contributed by atoms with Gasteiger partial charge in [0, 0.05) is 24.2 Å². The van der Waals surface area contributed by atoms with Crippen LogP contribution in [0.25, 0.3) is 0 Å². The van der Waals surface area contributed by atoms with Crippen LogP contribution < -0.4 is 10.5 Å². The molecule has 6 nitrogen and oxygen atoms in total. The van der Waals surface area contributed by atoms with E-state index >= 15 is 0 Å². The van der Waals surface area contributed by atoms with Crippen LogP contribution in [0, 0.1) is 0 Å². The highest BCUT2D eigenvalue weighted by atomic mass is 35.5. The zero-order valence-electron chi connectivity index (χ0n) is 23.4. The van der Waals surface area contributed by atoms with E-state index in [0.717, 1.165) is 49.2 Å². The second kappa shape index (κ2) is 15.2. The highest BCUT2D eigenvalue weighted by Crippen LogP contribution is 2.39. The van der Waals surface area contributed by atoms with E-state index in [-0.39, 0.29) is 36.3 Å². The Morgan fingerprint density at radius 3 is 2.14 bits per heavy atom. The van der Waals surface area contributed by atoms with Crippen molar-refractivity contribution >= 4 is 30.8 Å². The number of carboxylic acid groups (broad SMARTS) is 1. The van der Waals surface area contributed by atoms with Gasteiger partial charge >= 0.3 is 5.97 Å². The lowest BCUT2D eigenvalue weighted by Gasteiger charge is -2.35. The molecule has 5 rings (SSSR count). The average molecular weight is 610 g/mol. The minimum absolute atomic E-state index is 0. The van der Waals surface area contributed by atoms with E-state index in [4.69, 9.17) is 10.5 Å². The molecule has 222 valence electrons. The van der Waals surface area contributed by atoms with Crippen molar-refractivity contribution in [2.24, 2.45) is 5.73 Å². The van der Waals surface area contributed by atoms with Crippen molar-refractivity contribution in [1.29, 1.82) is 0 Å². The molecule has 0 bridgehead atoms. The first-order valence-electron chi connectivity index (χ1n) is 13.8. The summed E-state index contributed by atoms with van der Waals surface area (Å²) in [6.45, 7) is 3.52. The summed E-state index contributed by atoms with van der Waals surface area (Å²) in [4.78, 5) is 15.2. The van der Waals surface area contributed by atoms with E-state index in [1.165, 1.54) is 5.56 Å². The molecular formula is C34H38Cl2N2O4. The maximum Gasteiger partial charge on any atom is 0.345 e. The Morgan fingerprint density at radius 2 is 1.48 bits per heavy atom. The SMILES string of the molecule is Cl.Cl.NCc1ccc(COc2cccc([C@@](O)(C(=O)O)c3ccccc3C3CCN(Cc4ccccc4)CC3)c2)cc1. The third-order valence-electron chi connectivity index (χ3n) is 7.85. The van der Waals surface area contributed by atoms with Crippen LogP contribution in [0.1, 0.15) is 52.1 Å². The monoisotopic (exact) mass is 608 g/mol. The van der Waals surface area contributed by atoms with E-state index in [0.29, 0.717) is 24.5 Å². The Balaban J connectivity index is 0.00000242. The standard InChI is InChI=1S/C34H36N2O4.2ClH/c35-22-25-13-15-27(16-14-25)24-40-30-10-6-9-29(21-30)34(39,33(37)38)32-12-5-4-11-31(32)28-17-19-36(20-18-28)23-26-7-2-1-3-8-26;;/h1-16,21,28,39H,17-20,22-24,35H2,(H,37,38);2*1H/t34-;;/m0../s1. The lowest BCUT2D eigenvalue weighted by Crippen LogP contribution is -2.39. The Morgan fingerprint density at radius 1 is 0.833 bits per heavy atom. The van der Waals surface area contributed by atoms with E-state index in [1.807, 2.05) is 42.5 Å². The van der Waals surface area contributed by atoms with Gasteiger partial charge in [0.2, 0.25) is 5.60 Å². The largest absolute Gasteiger partial charge is 0.489 e. The number of hydrogen-bond acceptors (Lipinski definition) is 5. The highest BCUT2D eigenvalue weighted by molar-refractivity contribution is 5.86. The number of carbonyl (C=O) groups is 1. The number of nitrogens with zero attached hydrogens (tertiary/aromatic N) is 1. The number of likely N-dealkylation sites (tertiary alicyclic amines) is 1. The smallest absolute Gasteiger partial charge is 0.345 e. The maximum absolute atomic E-state index is 12.8. The molecule has 0 unspecified atom stereocenters. The molecule has 1 fully saturated rings. The Labute approximate surface area is 260 Å². The normalized spacial score (nSPS) is 15.1. The first kappa shape index (κ1) is 33.1. The number of aliphatic hydroxyl groups is 1. The summed E-state index contributed by atoms with van der Waals surface area (Å²) in [6, 6.07) is 32.5. The number of piperidine rings is 1. The predicted octanol–water partition coefficient (Wildman–Crippen LogP) is 6.27. The Hall–Kier alpha value is -3.39. The lowest BCUT2D eigenvalue weighted by atomic mass is 9.78. The summed E-state index contributed by atoms with van der Waals surface area (Å²) in [5.41, 5.74) is 8.34. The number of nitrogens with two attached hydrogens (primary N) is 1. The first-order chi connectivity index (χ1) is 19.5. The summed E-state index contributed by atoms with van der Waals surface area (Å²) < 4.78 is 5.98. The Bertz CT molecular complexity index is 1430. The van der Waals surface area contributed by atoms with Crippen LogP contribution in [0.4, 0.5) is 0 Å². The first-order valence-corrected chi connectivity index (χ1v) is 13.8. The van der Waals surface area contributed by atoms with Crippen LogP contribution in [-0.2, 0) is 30.1 Å². The van der Waals surface area contributed by atoms with Crippen LogP contribution in [-0.4, -0.2) is 34.2 Å². The van der Waals surface area contributed by atoms with Gasteiger partial charge in [-0.15, -0.1) is 24.8 Å². The molecule has 1 saturated heterocycles. The molecule has 8 heteroatoms. The summed E-state index contributed by atoms with van der Waals surface area (Å²) in [5, 5.41) is 22.3. The topological polar surface area (TPSA) is 96.0 Å². The van der Waals surface area contributed by atoms with Gasteiger partial charge in [0.05, 0.1) is 0 Å². The number of halogens is 2. The van der Waals surface area contributed by atoms with Crippen LogP contribution in [0.15, 0.2) is 103 Å². The van der Waals surface area contributed by atoms with E-state index in [2.05, 4.69) is 29.2 Å². The van der Waals surface area contributed by atoms with Crippen molar-refractivity contribution in [3.8, 4) is 5.75 Å². The predicted molar refractivity (Wildman–Crippen MR) is 170 cm³/mol. The molecule has 0 aromatic heterocycles.